The molecular weight excluding hydrogens is 446 g/mol. The van der Waals surface area contributed by atoms with E-state index in [2.05, 4.69) is 20.3 Å². The third kappa shape index (κ3) is 5.74. The van der Waals surface area contributed by atoms with Gasteiger partial charge in [-0.15, -0.1) is 0 Å². The Labute approximate surface area is 203 Å². The van der Waals surface area contributed by atoms with Crippen molar-refractivity contribution >= 4 is 22.8 Å². The lowest BCUT2D eigenvalue weighted by Crippen LogP contribution is -2.41. The highest BCUT2D eigenvalue weighted by Crippen LogP contribution is 2.30. The van der Waals surface area contributed by atoms with Crippen molar-refractivity contribution in [3.63, 3.8) is 0 Å². The van der Waals surface area contributed by atoms with E-state index < -0.39 is 5.56 Å². The Kier molecular flexibility index (Phi) is 7.87. The number of aromatic amines is 1. The average Bonchev–Trinajstić information content (AvgIpc) is 2.87. The minimum absolute atomic E-state index is 0.0406. The third-order valence-corrected chi connectivity index (χ3v) is 6.16. The molecule has 0 atom stereocenters. The first kappa shape index (κ1) is 24.5. The van der Waals surface area contributed by atoms with Gasteiger partial charge in [-0.3, -0.25) is 19.4 Å². The molecule has 0 radical (unpaired) electrons. The number of para-hydroxylation sites is 2. The summed E-state index contributed by atoms with van der Waals surface area (Å²) in [6, 6.07) is 10.8. The molecule has 0 spiro atoms. The minimum Gasteiger partial charge on any atom is -0.380 e. The van der Waals surface area contributed by atoms with E-state index in [-0.39, 0.29) is 23.4 Å². The number of likely N-dealkylation sites (tertiary alicyclic amines) is 1. The topological polar surface area (TPSA) is 117 Å². The molecule has 2 aromatic heterocycles. The zero-order valence-corrected chi connectivity index (χ0v) is 20.2. The van der Waals surface area contributed by atoms with Crippen LogP contribution in [0.15, 0.2) is 41.2 Å². The molecule has 1 saturated heterocycles. The lowest BCUT2D eigenvalue weighted by Gasteiger charge is -2.32. The van der Waals surface area contributed by atoms with E-state index in [1.807, 2.05) is 32.0 Å². The van der Waals surface area contributed by atoms with Crippen molar-refractivity contribution in [2.24, 2.45) is 0 Å². The maximum atomic E-state index is 13.1. The Bertz CT molecular complexity index is 1260. The van der Waals surface area contributed by atoms with Crippen LogP contribution in [0.3, 0.4) is 0 Å². The number of piperidine rings is 1. The number of H-pyrrole nitrogens is 1. The molecule has 35 heavy (non-hydrogen) atoms. The van der Waals surface area contributed by atoms with Crippen molar-refractivity contribution in [2.45, 2.75) is 39.0 Å². The number of carbonyl (C=O) groups excluding carboxylic acids is 2. The van der Waals surface area contributed by atoms with Crippen LogP contribution in [0.2, 0.25) is 0 Å². The number of nitrogens with zero attached hydrogens (tertiary/aromatic N) is 3. The summed E-state index contributed by atoms with van der Waals surface area (Å²) in [7, 11) is 0. The second-order valence-corrected chi connectivity index (χ2v) is 8.75. The van der Waals surface area contributed by atoms with Crippen LogP contribution in [0.25, 0.3) is 11.0 Å². The van der Waals surface area contributed by atoms with Gasteiger partial charge in [-0.2, -0.15) is 0 Å². The summed E-state index contributed by atoms with van der Waals surface area (Å²) in [5.74, 6) is -0.505. The lowest BCUT2D eigenvalue weighted by atomic mass is 9.89. The van der Waals surface area contributed by atoms with E-state index >= 15 is 0 Å². The zero-order valence-electron chi connectivity index (χ0n) is 20.2. The van der Waals surface area contributed by atoms with Crippen LogP contribution in [0.4, 0.5) is 0 Å². The van der Waals surface area contributed by atoms with Gasteiger partial charge in [0, 0.05) is 37.9 Å². The third-order valence-electron chi connectivity index (χ3n) is 6.16. The van der Waals surface area contributed by atoms with Gasteiger partial charge in [0.05, 0.1) is 28.9 Å². The van der Waals surface area contributed by atoms with Crippen LogP contribution in [0, 0.1) is 6.92 Å². The van der Waals surface area contributed by atoms with Gasteiger partial charge >= 0.3 is 0 Å². The number of pyridine rings is 1. The molecule has 3 aromatic rings. The highest BCUT2D eigenvalue weighted by Gasteiger charge is 2.30. The largest absolute Gasteiger partial charge is 0.380 e. The second-order valence-electron chi connectivity index (χ2n) is 8.75. The van der Waals surface area contributed by atoms with Gasteiger partial charge in [0.15, 0.2) is 5.69 Å². The fraction of sp³-hybridized carbons (Fsp3) is 0.423. The van der Waals surface area contributed by atoms with Crippen molar-refractivity contribution in [1.29, 1.82) is 0 Å². The summed E-state index contributed by atoms with van der Waals surface area (Å²) >= 11 is 0. The normalized spacial score (nSPS) is 14.3. The smallest absolute Gasteiger partial charge is 0.280 e. The van der Waals surface area contributed by atoms with Crippen LogP contribution >= 0.6 is 0 Å². The summed E-state index contributed by atoms with van der Waals surface area (Å²) < 4.78 is 5.44. The quantitative estimate of drug-likeness (QED) is 0.482. The standard InChI is InChI=1S/C26H31N5O4/c1-3-15-35-16-12-27-24(32)19-9-8-17(2)28-22(19)18-10-13-31(14-11-18)26(34)23-25(33)30-21-7-5-4-6-20(21)29-23/h4-9,18H,3,10-16H2,1-2H3,(H,27,32)(H,30,33). The molecule has 3 heterocycles. The number of aromatic nitrogens is 3. The van der Waals surface area contributed by atoms with E-state index in [4.69, 9.17) is 4.74 Å². The fourth-order valence-corrected chi connectivity index (χ4v) is 4.34. The molecule has 4 rings (SSSR count). The number of nitrogens with one attached hydrogen (secondary N) is 2. The van der Waals surface area contributed by atoms with Crippen molar-refractivity contribution in [3.05, 3.63) is 69.4 Å². The van der Waals surface area contributed by atoms with Gasteiger partial charge in [-0.1, -0.05) is 19.1 Å². The molecule has 9 heteroatoms. The van der Waals surface area contributed by atoms with E-state index in [0.29, 0.717) is 62.3 Å². The predicted molar refractivity (Wildman–Crippen MR) is 133 cm³/mol. The van der Waals surface area contributed by atoms with Gasteiger partial charge in [0.2, 0.25) is 0 Å². The molecule has 1 aromatic carbocycles. The van der Waals surface area contributed by atoms with E-state index in [1.54, 1.807) is 23.1 Å². The number of benzene rings is 1. The summed E-state index contributed by atoms with van der Waals surface area (Å²) in [6.07, 6.45) is 2.23. The molecular formula is C26H31N5O4. The molecule has 9 nitrogen and oxygen atoms in total. The van der Waals surface area contributed by atoms with Crippen molar-refractivity contribution in [3.8, 4) is 0 Å². The van der Waals surface area contributed by atoms with Gasteiger partial charge in [-0.25, -0.2) is 4.98 Å². The summed E-state index contributed by atoms with van der Waals surface area (Å²) in [5.41, 5.74) is 2.74. The van der Waals surface area contributed by atoms with Crippen LogP contribution in [0.5, 0.6) is 0 Å². The molecule has 2 N–H and O–H groups in total. The summed E-state index contributed by atoms with van der Waals surface area (Å²) in [6.45, 7) is 6.43. The van der Waals surface area contributed by atoms with Crippen molar-refractivity contribution in [1.82, 2.24) is 25.2 Å². The zero-order chi connectivity index (χ0) is 24.8. The average molecular weight is 478 g/mol. The van der Waals surface area contributed by atoms with Gasteiger partial charge in [0.1, 0.15) is 0 Å². The monoisotopic (exact) mass is 477 g/mol. The summed E-state index contributed by atoms with van der Waals surface area (Å²) in [4.78, 5) is 51.8. The Balaban J connectivity index is 1.43. The number of hydrogen-bond acceptors (Lipinski definition) is 6. The highest BCUT2D eigenvalue weighted by atomic mass is 16.5. The molecule has 1 aliphatic heterocycles. The minimum atomic E-state index is -0.488. The molecule has 0 unspecified atom stereocenters. The number of ether oxygens (including phenoxy) is 1. The number of carbonyl (C=O) groups is 2. The first-order valence-corrected chi connectivity index (χ1v) is 12.1. The number of aryl methyl sites for hydroxylation is 1. The molecule has 0 bridgehead atoms. The first-order valence-electron chi connectivity index (χ1n) is 12.1. The van der Waals surface area contributed by atoms with Crippen molar-refractivity contribution < 1.29 is 14.3 Å². The summed E-state index contributed by atoms with van der Waals surface area (Å²) in [5, 5.41) is 2.91. The van der Waals surface area contributed by atoms with Gasteiger partial charge < -0.3 is 19.9 Å². The van der Waals surface area contributed by atoms with E-state index in [9.17, 15) is 14.4 Å². The highest BCUT2D eigenvalue weighted by molar-refractivity contribution is 5.95. The molecule has 184 valence electrons. The van der Waals surface area contributed by atoms with Crippen LogP contribution in [0.1, 0.15) is 64.3 Å². The van der Waals surface area contributed by atoms with E-state index in [1.165, 1.54) is 0 Å². The second kappa shape index (κ2) is 11.2. The lowest BCUT2D eigenvalue weighted by molar-refractivity contribution is 0.0703. The Morgan fingerprint density at radius 3 is 2.66 bits per heavy atom. The van der Waals surface area contributed by atoms with Crippen molar-refractivity contribution in [2.75, 3.05) is 32.8 Å². The van der Waals surface area contributed by atoms with Crippen LogP contribution in [-0.4, -0.2) is 64.5 Å². The maximum absolute atomic E-state index is 13.1. The van der Waals surface area contributed by atoms with Gasteiger partial charge in [0.25, 0.3) is 17.4 Å². The van der Waals surface area contributed by atoms with Crippen LogP contribution in [-0.2, 0) is 4.74 Å². The Hall–Kier alpha value is -3.59. The maximum Gasteiger partial charge on any atom is 0.280 e. The Morgan fingerprint density at radius 2 is 1.89 bits per heavy atom. The number of fused-ring (bicyclic) bond motifs is 1. The Morgan fingerprint density at radius 1 is 1.11 bits per heavy atom. The molecule has 0 aliphatic carbocycles. The molecule has 0 saturated carbocycles. The molecule has 1 aliphatic rings. The number of rotatable bonds is 8. The van der Waals surface area contributed by atoms with Crippen LogP contribution < -0.4 is 10.9 Å². The van der Waals surface area contributed by atoms with E-state index in [0.717, 1.165) is 17.8 Å². The SMILES string of the molecule is CCCOCCNC(=O)c1ccc(C)nc1C1CCN(C(=O)c2nc3ccccc3[nH]c2=O)CC1. The van der Waals surface area contributed by atoms with Gasteiger partial charge in [-0.05, 0) is 50.5 Å². The molecule has 1 fully saturated rings. The fourth-order valence-electron chi connectivity index (χ4n) is 4.34. The number of hydrogen-bond donors (Lipinski definition) is 2. The number of amides is 2. The molecule has 2 amide bonds. The predicted octanol–water partition coefficient (Wildman–Crippen LogP) is 2.80. The first-order chi connectivity index (χ1) is 17.0.